The number of nitrogens with zero attached hydrogens (tertiary/aromatic N) is 1. The number of nitriles is 1. The van der Waals surface area contributed by atoms with E-state index in [-0.39, 0.29) is 0 Å². The van der Waals surface area contributed by atoms with E-state index in [9.17, 15) is 10.1 Å². The van der Waals surface area contributed by atoms with E-state index in [0.29, 0.717) is 29.2 Å². The zero-order valence-electron chi connectivity index (χ0n) is 12.2. The average Bonchev–Trinajstić information content (AvgIpc) is 2.85. The Labute approximate surface area is 123 Å². The molecule has 21 heavy (non-hydrogen) atoms. The second-order valence-electron chi connectivity index (χ2n) is 4.64. The summed E-state index contributed by atoms with van der Waals surface area (Å²) >= 11 is 0. The van der Waals surface area contributed by atoms with Gasteiger partial charge < -0.3 is 14.5 Å². The van der Waals surface area contributed by atoms with Gasteiger partial charge in [0.05, 0.1) is 24.9 Å². The highest BCUT2D eigenvalue weighted by Crippen LogP contribution is 2.21. The highest BCUT2D eigenvalue weighted by Gasteiger charge is 2.15. The van der Waals surface area contributed by atoms with E-state index >= 15 is 0 Å². The Hall–Kier alpha value is -2.74. The zero-order valence-corrected chi connectivity index (χ0v) is 12.2. The summed E-state index contributed by atoms with van der Waals surface area (Å²) in [5.74, 6) is 0.706. The Balaban J connectivity index is 2.16. The first-order valence-electron chi connectivity index (χ1n) is 6.48. The van der Waals surface area contributed by atoms with E-state index in [1.807, 2.05) is 25.1 Å². The van der Waals surface area contributed by atoms with Gasteiger partial charge in [-0.15, -0.1) is 0 Å². The normalized spacial score (nSPS) is 10.0. The molecule has 108 valence electrons. The third kappa shape index (κ3) is 3.06. The Morgan fingerprint density at radius 3 is 2.86 bits per heavy atom. The molecule has 5 nitrogen and oxygen atoms in total. The molecule has 0 amide bonds. The van der Waals surface area contributed by atoms with Crippen LogP contribution in [0.5, 0.6) is 0 Å². The number of furan rings is 1. The van der Waals surface area contributed by atoms with Crippen molar-refractivity contribution in [2.24, 2.45) is 0 Å². The molecule has 1 aromatic carbocycles. The van der Waals surface area contributed by atoms with Gasteiger partial charge in [0.25, 0.3) is 0 Å². The molecule has 0 bridgehead atoms. The molecule has 5 heteroatoms. The van der Waals surface area contributed by atoms with Crippen molar-refractivity contribution in [3.05, 3.63) is 52.5 Å². The molecule has 1 aromatic heterocycles. The third-order valence-electron chi connectivity index (χ3n) is 3.21. The van der Waals surface area contributed by atoms with Crippen LogP contribution in [-0.4, -0.2) is 13.1 Å². The third-order valence-corrected chi connectivity index (χ3v) is 3.21. The maximum atomic E-state index is 11.5. The van der Waals surface area contributed by atoms with Crippen molar-refractivity contribution in [2.45, 2.75) is 20.4 Å². The summed E-state index contributed by atoms with van der Waals surface area (Å²) in [4.78, 5) is 11.5. The minimum Gasteiger partial charge on any atom is -0.465 e. The van der Waals surface area contributed by atoms with Gasteiger partial charge in [0, 0.05) is 0 Å². The zero-order chi connectivity index (χ0) is 15.4. The van der Waals surface area contributed by atoms with Gasteiger partial charge in [0.1, 0.15) is 23.2 Å². The summed E-state index contributed by atoms with van der Waals surface area (Å²) in [6, 6.07) is 9.43. The number of nitrogens with one attached hydrogen (secondary N) is 1. The Kier molecular flexibility index (Phi) is 4.29. The van der Waals surface area contributed by atoms with Crippen molar-refractivity contribution in [2.75, 3.05) is 12.4 Å². The van der Waals surface area contributed by atoms with Gasteiger partial charge in [0.15, 0.2) is 0 Å². The molecule has 0 fully saturated rings. The van der Waals surface area contributed by atoms with Gasteiger partial charge in [-0.05, 0) is 31.5 Å². The minimum absolute atomic E-state index is 0.385. The smallest absolute Gasteiger partial charge is 0.341 e. The van der Waals surface area contributed by atoms with Gasteiger partial charge in [0.2, 0.25) is 0 Å². The monoisotopic (exact) mass is 284 g/mol. The molecule has 0 atom stereocenters. The van der Waals surface area contributed by atoms with Gasteiger partial charge in [-0.25, -0.2) is 4.79 Å². The van der Waals surface area contributed by atoms with Crippen molar-refractivity contribution in [1.82, 2.24) is 0 Å². The number of aryl methyl sites for hydroxylation is 2. The summed E-state index contributed by atoms with van der Waals surface area (Å²) in [6.45, 7) is 3.98. The van der Waals surface area contributed by atoms with E-state index in [4.69, 9.17) is 4.42 Å². The van der Waals surface area contributed by atoms with E-state index in [1.165, 1.54) is 7.11 Å². The molecule has 0 radical (unpaired) electrons. The lowest BCUT2D eigenvalue weighted by molar-refractivity contribution is 0.0599. The largest absolute Gasteiger partial charge is 0.465 e. The second kappa shape index (κ2) is 6.14. The summed E-state index contributed by atoms with van der Waals surface area (Å²) in [5.41, 5.74) is 2.67. The molecular weight excluding hydrogens is 268 g/mol. The number of rotatable bonds is 4. The van der Waals surface area contributed by atoms with Crippen LogP contribution in [-0.2, 0) is 11.3 Å². The van der Waals surface area contributed by atoms with Crippen molar-refractivity contribution in [3.63, 3.8) is 0 Å². The molecular formula is C16H16N2O3. The van der Waals surface area contributed by atoms with Crippen LogP contribution in [0.3, 0.4) is 0 Å². The lowest BCUT2D eigenvalue weighted by Crippen LogP contribution is -2.02. The van der Waals surface area contributed by atoms with Gasteiger partial charge >= 0.3 is 5.97 Å². The first-order chi connectivity index (χ1) is 10.1. The quantitative estimate of drug-likeness (QED) is 0.873. The Morgan fingerprint density at radius 1 is 1.43 bits per heavy atom. The molecule has 2 aromatic rings. The highest BCUT2D eigenvalue weighted by atomic mass is 16.5. The minimum atomic E-state index is -0.421. The molecule has 0 aliphatic carbocycles. The molecule has 0 saturated heterocycles. The number of ether oxygens (including phenoxy) is 1. The summed E-state index contributed by atoms with van der Waals surface area (Å²) < 4.78 is 10.2. The topological polar surface area (TPSA) is 75.3 Å². The van der Waals surface area contributed by atoms with Crippen LogP contribution < -0.4 is 5.32 Å². The number of benzene rings is 1. The van der Waals surface area contributed by atoms with E-state index in [0.717, 1.165) is 11.3 Å². The van der Waals surface area contributed by atoms with Gasteiger partial charge in [-0.3, -0.25) is 0 Å². The van der Waals surface area contributed by atoms with Crippen molar-refractivity contribution >= 4 is 11.7 Å². The lowest BCUT2D eigenvalue weighted by atomic mass is 10.1. The second-order valence-corrected chi connectivity index (χ2v) is 4.64. The number of carbonyl (C=O) groups excluding carboxylic acids is 1. The van der Waals surface area contributed by atoms with Crippen molar-refractivity contribution < 1.29 is 13.9 Å². The van der Waals surface area contributed by atoms with Crippen molar-refractivity contribution in [3.8, 4) is 6.07 Å². The summed E-state index contributed by atoms with van der Waals surface area (Å²) in [7, 11) is 1.33. The fourth-order valence-corrected chi connectivity index (χ4v) is 2.09. The van der Waals surface area contributed by atoms with Gasteiger partial charge in [-0.1, -0.05) is 12.1 Å². The van der Waals surface area contributed by atoms with E-state index in [1.54, 1.807) is 13.0 Å². The van der Waals surface area contributed by atoms with Crippen molar-refractivity contribution in [1.29, 1.82) is 5.26 Å². The van der Waals surface area contributed by atoms with E-state index < -0.39 is 5.97 Å². The van der Waals surface area contributed by atoms with Crippen LogP contribution >= 0.6 is 0 Å². The predicted molar refractivity (Wildman–Crippen MR) is 78.0 cm³/mol. The van der Waals surface area contributed by atoms with Crippen LogP contribution in [0.25, 0.3) is 0 Å². The van der Waals surface area contributed by atoms with Crippen LogP contribution in [0.2, 0.25) is 0 Å². The highest BCUT2D eigenvalue weighted by molar-refractivity contribution is 5.90. The first-order valence-corrected chi connectivity index (χ1v) is 6.48. The molecule has 0 spiro atoms. The molecule has 2 rings (SSSR count). The number of anilines is 1. The first kappa shape index (κ1) is 14.7. The fraction of sp³-hybridized carbons (Fsp3) is 0.250. The molecule has 0 aliphatic heterocycles. The Morgan fingerprint density at radius 2 is 2.19 bits per heavy atom. The van der Waals surface area contributed by atoms with Gasteiger partial charge in [-0.2, -0.15) is 5.26 Å². The number of hydrogen-bond acceptors (Lipinski definition) is 5. The standard InChI is InChI=1S/C16H16N2O3/c1-10-5-4-6-15(14(10)8-17)18-9-12-7-13(11(2)21-12)16(19)20-3/h4-7,18H,9H2,1-3H3. The number of carbonyl (C=O) groups is 1. The number of esters is 1. The average molecular weight is 284 g/mol. The number of hydrogen-bond donors (Lipinski definition) is 1. The lowest BCUT2D eigenvalue weighted by Gasteiger charge is -2.08. The van der Waals surface area contributed by atoms with Crippen LogP contribution in [0.4, 0.5) is 5.69 Å². The molecule has 0 aliphatic rings. The molecule has 1 N–H and O–H groups in total. The molecule has 1 heterocycles. The van der Waals surface area contributed by atoms with Crippen LogP contribution in [0, 0.1) is 25.2 Å². The SMILES string of the molecule is COC(=O)c1cc(CNc2cccc(C)c2C#N)oc1C. The van der Waals surface area contributed by atoms with Crippen LogP contribution in [0.1, 0.15) is 33.0 Å². The number of methoxy groups -OCH3 is 1. The predicted octanol–water partition coefficient (Wildman–Crippen LogP) is 3.17. The Bertz CT molecular complexity index is 711. The van der Waals surface area contributed by atoms with E-state index in [2.05, 4.69) is 16.1 Å². The van der Waals surface area contributed by atoms with Crippen LogP contribution in [0.15, 0.2) is 28.7 Å². The molecule has 0 unspecified atom stereocenters. The summed E-state index contributed by atoms with van der Waals surface area (Å²) in [5, 5.41) is 12.3. The maximum Gasteiger partial charge on any atom is 0.341 e. The molecule has 0 saturated carbocycles. The fourth-order valence-electron chi connectivity index (χ4n) is 2.09. The maximum absolute atomic E-state index is 11.5. The summed E-state index contributed by atoms with van der Waals surface area (Å²) in [6.07, 6.45) is 0.